The lowest BCUT2D eigenvalue weighted by Crippen LogP contribution is -2.41. The van der Waals surface area contributed by atoms with E-state index in [0.29, 0.717) is 27.7 Å². The number of alkyl halides is 3. The molecule has 0 saturated carbocycles. The van der Waals surface area contributed by atoms with Crippen LogP contribution in [0, 0.1) is 5.82 Å². The van der Waals surface area contributed by atoms with Crippen molar-refractivity contribution in [3.05, 3.63) is 89.4 Å². The highest BCUT2D eigenvalue weighted by Gasteiger charge is 2.38. The third-order valence-electron chi connectivity index (χ3n) is 7.55. The Labute approximate surface area is 231 Å². The van der Waals surface area contributed by atoms with Gasteiger partial charge in [0.2, 0.25) is 0 Å². The molecule has 0 saturated heterocycles. The zero-order valence-corrected chi connectivity index (χ0v) is 22.2. The molecule has 1 aliphatic heterocycles. The topological polar surface area (TPSA) is 98.6 Å². The Hall–Kier alpha value is -4.58. The lowest BCUT2D eigenvalue weighted by molar-refractivity contribution is -0.137. The quantitative estimate of drug-likeness (QED) is 0.280. The van der Waals surface area contributed by atoms with Crippen molar-refractivity contribution in [3.8, 4) is 11.1 Å². The molecule has 1 amide bonds. The van der Waals surface area contributed by atoms with Crippen LogP contribution in [0.2, 0.25) is 0 Å². The van der Waals surface area contributed by atoms with Crippen LogP contribution in [0.3, 0.4) is 0 Å². The molecular weight excluding hydrogens is 540 g/mol. The lowest BCUT2D eigenvalue weighted by Gasteiger charge is -2.41. The summed E-state index contributed by atoms with van der Waals surface area (Å²) in [6, 6.07) is 8.24. The Bertz CT molecular complexity index is 1850. The van der Waals surface area contributed by atoms with E-state index in [1.807, 2.05) is 13.8 Å². The number of halogens is 4. The van der Waals surface area contributed by atoms with Crippen LogP contribution in [-0.2, 0) is 16.5 Å². The minimum atomic E-state index is -4.53. The van der Waals surface area contributed by atoms with E-state index in [9.17, 15) is 18.0 Å². The van der Waals surface area contributed by atoms with Gasteiger partial charge in [0.1, 0.15) is 17.2 Å². The molecule has 1 atom stereocenters. The van der Waals surface area contributed by atoms with Crippen LogP contribution >= 0.6 is 0 Å². The maximum absolute atomic E-state index is 15.3. The molecule has 8 nitrogen and oxygen atoms in total. The molecule has 210 valence electrons. The molecule has 0 bridgehead atoms. The number of carbonyl (C=O) groups excluding carboxylic acids is 1. The van der Waals surface area contributed by atoms with Crippen LogP contribution in [0.25, 0.3) is 27.7 Å². The predicted molar refractivity (Wildman–Crippen MR) is 143 cm³/mol. The van der Waals surface area contributed by atoms with E-state index < -0.39 is 35.1 Å². The van der Waals surface area contributed by atoms with Gasteiger partial charge in [-0.15, -0.1) is 0 Å². The number of aromatic nitrogens is 4. The Morgan fingerprint density at radius 1 is 1.07 bits per heavy atom. The first-order valence-corrected chi connectivity index (χ1v) is 12.6. The number of imidazole rings is 1. The zero-order valence-electron chi connectivity index (χ0n) is 22.2. The summed E-state index contributed by atoms with van der Waals surface area (Å²) in [5.41, 5.74) is 7.66. The number of likely N-dealkylation sites (N-methyl/N-ethyl adjacent to an activating group) is 1. The first kappa shape index (κ1) is 26.6. The molecule has 0 unspecified atom stereocenters. The highest BCUT2D eigenvalue weighted by Crippen LogP contribution is 2.42. The summed E-state index contributed by atoms with van der Waals surface area (Å²) in [7, 11) is 1.56. The van der Waals surface area contributed by atoms with E-state index in [-0.39, 0.29) is 23.5 Å². The second-order valence-electron chi connectivity index (χ2n) is 10.5. The standard InChI is InChI=1S/C29H24F4N6O2/c1-28(2)20-7-15(16-6-17(11-35-10-16)29(31,32)33)4-5-18(20)25(13-41-28)38(3)27(40)19-8-23-22(9-21(19)30)37-26(34)24-12-36-14-39(23)24/h4-12,14,25H,13H2,1-3H3,(H2,34,37)/t25-/m1/s1. The number of amides is 1. The van der Waals surface area contributed by atoms with Gasteiger partial charge >= 0.3 is 6.18 Å². The fourth-order valence-corrected chi connectivity index (χ4v) is 5.27. The summed E-state index contributed by atoms with van der Waals surface area (Å²) in [6.07, 6.45) is 0.651. The molecular formula is C29H24F4N6O2. The maximum Gasteiger partial charge on any atom is 0.417 e. The molecule has 3 aromatic heterocycles. The molecule has 5 aromatic rings. The number of carbonyl (C=O) groups is 1. The molecule has 0 spiro atoms. The lowest BCUT2D eigenvalue weighted by atomic mass is 9.84. The van der Waals surface area contributed by atoms with E-state index in [1.165, 1.54) is 29.7 Å². The molecule has 4 heterocycles. The molecule has 41 heavy (non-hydrogen) atoms. The van der Waals surface area contributed by atoms with Gasteiger partial charge in [-0.2, -0.15) is 13.2 Å². The normalized spacial score (nSPS) is 16.6. The number of anilines is 1. The number of ether oxygens (including phenoxy) is 1. The molecule has 0 fully saturated rings. The average Bonchev–Trinajstić information content (AvgIpc) is 3.43. The Morgan fingerprint density at radius 2 is 1.85 bits per heavy atom. The number of pyridine rings is 1. The largest absolute Gasteiger partial charge is 0.417 e. The smallest absolute Gasteiger partial charge is 0.382 e. The summed E-state index contributed by atoms with van der Waals surface area (Å²) in [5.74, 6) is -1.16. The fraction of sp³-hybridized carbons (Fsp3) is 0.241. The summed E-state index contributed by atoms with van der Waals surface area (Å²) < 4.78 is 62.9. The molecule has 2 N–H and O–H groups in total. The van der Waals surface area contributed by atoms with Crippen molar-refractivity contribution in [2.75, 3.05) is 19.4 Å². The van der Waals surface area contributed by atoms with Gasteiger partial charge < -0.3 is 15.4 Å². The van der Waals surface area contributed by atoms with Crippen molar-refractivity contribution < 1.29 is 27.1 Å². The van der Waals surface area contributed by atoms with Crippen LogP contribution in [0.5, 0.6) is 0 Å². The van der Waals surface area contributed by atoms with Crippen molar-refractivity contribution >= 4 is 28.3 Å². The van der Waals surface area contributed by atoms with Gasteiger partial charge in [0, 0.05) is 31.1 Å². The first-order chi connectivity index (χ1) is 19.3. The van der Waals surface area contributed by atoms with E-state index in [4.69, 9.17) is 10.5 Å². The number of fused-ring (bicyclic) bond motifs is 4. The summed E-state index contributed by atoms with van der Waals surface area (Å²) in [5, 5.41) is 0. The molecule has 0 radical (unpaired) electrons. The van der Waals surface area contributed by atoms with Crippen LogP contribution in [0.15, 0.2) is 61.3 Å². The number of benzene rings is 2. The van der Waals surface area contributed by atoms with Crippen LogP contribution in [-0.4, -0.2) is 43.8 Å². The van der Waals surface area contributed by atoms with Crippen molar-refractivity contribution in [2.45, 2.75) is 31.7 Å². The summed E-state index contributed by atoms with van der Waals surface area (Å²) in [4.78, 5) is 27.2. The highest BCUT2D eigenvalue weighted by molar-refractivity contribution is 5.98. The van der Waals surface area contributed by atoms with Gasteiger partial charge in [-0.1, -0.05) is 12.1 Å². The number of nitrogens with zero attached hydrogens (tertiary/aromatic N) is 5. The van der Waals surface area contributed by atoms with Gasteiger partial charge in [-0.05, 0) is 48.7 Å². The predicted octanol–water partition coefficient (Wildman–Crippen LogP) is 5.76. The average molecular weight is 565 g/mol. The monoisotopic (exact) mass is 564 g/mol. The number of hydrogen-bond acceptors (Lipinski definition) is 6. The van der Waals surface area contributed by atoms with Gasteiger partial charge in [-0.3, -0.25) is 14.2 Å². The van der Waals surface area contributed by atoms with Crippen molar-refractivity contribution in [1.82, 2.24) is 24.3 Å². The van der Waals surface area contributed by atoms with Crippen LogP contribution in [0.4, 0.5) is 23.4 Å². The van der Waals surface area contributed by atoms with Gasteiger partial charge in [0.25, 0.3) is 5.91 Å². The summed E-state index contributed by atoms with van der Waals surface area (Å²) in [6.45, 7) is 3.82. The maximum atomic E-state index is 15.3. The number of nitrogen functional groups attached to an aromatic ring is 1. The molecule has 12 heteroatoms. The minimum Gasteiger partial charge on any atom is -0.382 e. The molecule has 0 aliphatic carbocycles. The Kier molecular flexibility index (Phi) is 6.00. The van der Waals surface area contributed by atoms with E-state index in [0.717, 1.165) is 23.9 Å². The van der Waals surface area contributed by atoms with Crippen molar-refractivity contribution in [1.29, 1.82) is 0 Å². The van der Waals surface area contributed by atoms with Crippen molar-refractivity contribution in [3.63, 3.8) is 0 Å². The fourth-order valence-electron chi connectivity index (χ4n) is 5.27. The van der Waals surface area contributed by atoms with Crippen LogP contribution in [0.1, 0.15) is 46.9 Å². The zero-order chi connectivity index (χ0) is 29.3. The van der Waals surface area contributed by atoms with E-state index in [2.05, 4.69) is 15.0 Å². The third kappa shape index (κ3) is 4.44. The van der Waals surface area contributed by atoms with E-state index in [1.54, 1.807) is 29.6 Å². The second-order valence-corrected chi connectivity index (χ2v) is 10.5. The SMILES string of the molecule is CN(C(=O)c1cc2c(cc1F)nc(N)c1cncn12)[C@@H]1COC(C)(C)c2cc(-c3cncc(C(F)(F)F)c3)ccc21. The van der Waals surface area contributed by atoms with Crippen LogP contribution < -0.4 is 5.73 Å². The molecule has 6 rings (SSSR count). The Morgan fingerprint density at radius 3 is 2.61 bits per heavy atom. The molecule has 2 aromatic carbocycles. The summed E-state index contributed by atoms with van der Waals surface area (Å²) >= 11 is 0. The second kappa shape index (κ2) is 9.23. The van der Waals surface area contributed by atoms with Crippen molar-refractivity contribution in [2.24, 2.45) is 0 Å². The number of nitrogens with two attached hydrogens (primary N) is 1. The molecule has 1 aliphatic rings. The van der Waals surface area contributed by atoms with E-state index >= 15 is 4.39 Å². The van der Waals surface area contributed by atoms with Gasteiger partial charge in [0.05, 0.1) is 52.9 Å². The van der Waals surface area contributed by atoms with Gasteiger partial charge in [0.15, 0.2) is 0 Å². The number of hydrogen-bond donors (Lipinski definition) is 1. The highest BCUT2D eigenvalue weighted by atomic mass is 19.4. The Balaban J connectivity index is 1.39. The first-order valence-electron chi connectivity index (χ1n) is 12.6. The third-order valence-corrected chi connectivity index (χ3v) is 7.55. The number of rotatable bonds is 3. The van der Waals surface area contributed by atoms with Gasteiger partial charge in [-0.25, -0.2) is 14.4 Å². The minimum absolute atomic E-state index is 0.131.